The molecule has 0 saturated carbocycles. The number of rotatable bonds is 7. The highest BCUT2D eigenvalue weighted by Crippen LogP contribution is 2.06. The molecule has 4 heteroatoms. The van der Waals surface area contributed by atoms with Crippen LogP contribution in [0.2, 0.25) is 0 Å². The van der Waals surface area contributed by atoms with E-state index in [-0.39, 0.29) is 24.5 Å². The third-order valence-corrected chi connectivity index (χ3v) is 2.47. The maximum Gasteiger partial charge on any atom is 0.325 e. The van der Waals surface area contributed by atoms with Crippen molar-refractivity contribution in [3.63, 3.8) is 0 Å². The minimum absolute atomic E-state index is 0.0354. The Kier molecular flexibility index (Phi) is 7.60. The monoisotopic (exact) mass is 229 g/mol. The van der Waals surface area contributed by atoms with Gasteiger partial charge in [-0.25, -0.2) is 0 Å². The summed E-state index contributed by atoms with van der Waals surface area (Å²) < 4.78 is 4.57. The van der Waals surface area contributed by atoms with Crippen LogP contribution in [0, 0.1) is 0 Å². The molecule has 0 radical (unpaired) electrons. The Labute approximate surface area is 98.0 Å². The quantitative estimate of drug-likeness (QED) is 0.495. The highest BCUT2D eigenvalue weighted by molar-refractivity contribution is 5.82. The Balaban J connectivity index is 4.19. The second-order valence-corrected chi connectivity index (χ2v) is 4.15. The topological polar surface area (TPSA) is 46.6 Å². The Morgan fingerprint density at radius 3 is 2.31 bits per heavy atom. The van der Waals surface area contributed by atoms with E-state index in [1.807, 2.05) is 13.8 Å². The number of hydrogen-bond donors (Lipinski definition) is 0. The van der Waals surface area contributed by atoms with Gasteiger partial charge in [-0.2, -0.15) is 0 Å². The Bertz CT molecular complexity index is 226. The van der Waals surface area contributed by atoms with Crippen LogP contribution in [0.15, 0.2) is 0 Å². The highest BCUT2D eigenvalue weighted by atomic mass is 16.5. The first-order valence-corrected chi connectivity index (χ1v) is 5.89. The summed E-state index contributed by atoms with van der Waals surface area (Å²) in [6.07, 6.45) is 3.55. The van der Waals surface area contributed by atoms with Crippen molar-refractivity contribution in [3.05, 3.63) is 0 Å². The lowest BCUT2D eigenvalue weighted by molar-refractivity contribution is -0.148. The molecule has 0 bridgehead atoms. The summed E-state index contributed by atoms with van der Waals surface area (Å²) in [6.45, 7) is 5.96. The Morgan fingerprint density at radius 2 is 1.88 bits per heavy atom. The van der Waals surface area contributed by atoms with Gasteiger partial charge in [0.2, 0.25) is 5.91 Å². The van der Waals surface area contributed by atoms with Crippen LogP contribution < -0.4 is 0 Å². The van der Waals surface area contributed by atoms with E-state index in [4.69, 9.17) is 0 Å². The van der Waals surface area contributed by atoms with Gasteiger partial charge in [0.1, 0.15) is 6.54 Å². The molecule has 4 nitrogen and oxygen atoms in total. The lowest BCUT2D eigenvalue weighted by Crippen LogP contribution is -2.40. The maximum absolute atomic E-state index is 11.8. The number of amides is 1. The Hall–Kier alpha value is -1.06. The third-order valence-electron chi connectivity index (χ3n) is 2.47. The summed E-state index contributed by atoms with van der Waals surface area (Å²) in [4.78, 5) is 24.5. The fraction of sp³-hybridized carbons (Fsp3) is 0.833. The number of carbonyl (C=O) groups is 2. The molecule has 0 aromatic heterocycles. The average molecular weight is 229 g/mol. The summed E-state index contributed by atoms with van der Waals surface area (Å²) in [5.74, 6) is -0.327. The number of unbranched alkanes of at least 4 members (excludes halogenated alkanes) is 2. The van der Waals surface area contributed by atoms with Crippen molar-refractivity contribution in [1.29, 1.82) is 0 Å². The van der Waals surface area contributed by atoms with Crippen LogP contribution >= 0.6 is 0 Å². The molecule has 0 heterocycles. The molecule has 0 aromatic rings. The van der Waals surface area contributed by atoms with Gasteiger partial charge >= 0.3 is 5.97 Å². The molecule has 0 aliphatic rings. The first kappa shape index (κ1) is 14.9. The number of carbonyl (C=O) groups excluding carboxylic acids is 2. The van der Waals surface area contributed by atoms with E-state index in [1.165, 1.54) is 7.11 Å². The molecule has 0 atom stereocenters. The zero-order chi connectivity index (χ0) is 12.6. The molecule has 0 saturated heterocycles. The zero-order valence-corrected chi connectivity index (χ0v) is 10.8. The number of esters is 1. The fourth-order valence-corrected chi connectivity index (χ4v) is 1.43. The van der Waals surface area contributed by atoms with Gasteiger partial charge in [-0.3, -0.25) is 9.59 Å². The van der Waals surface area contributed by atoms with E-state index in [0.29, 0.717) is 6.42 Å². The van der Waals surface area contributed by atoms with Gasteiger partial charge in [0.25, 0.3) is 0 Å². The summed E-state index contributed by atoms with van der Waals surface area (Å²) in [6, 6.07) is 0.0354. The van der Waals surface area contributed by atoms with Crippen LogP contribution in [0.3, 0.4) is 0 Å². The molecular formula is C12H23NO3. The second-order valence-electron chi connectivity index (χ2n) is 4.15. The molecule has 1 amide bonds. The molecule has 0 rings (SSSR count). The van der Waals surface area contributed by atoms with Crippen molar-refractivity contribution in [1.82, 2.24) is 4.90 Å². The molecule has 0 unspecified atom stereocenters. The standard InChI is InChI=1S/C12H23NO3/c1-5-6-7-8-11(14)13(10(2)3)9-12(15)16-4/h10H,5-9H2,1-4H3. The van der Waals surface area contributed by atoms with Crippen molar-refractivity contribution in [2.45, 2.75) is 52.5 Å². The van der Waals surface area contributed by atoms with Gasteiger partial charge < -0.3 is 9.64 Å². The van der Waals surface area contributed by atoms with Gasteiger partial charge in [0.05, 0.1) is 7.11 Å². The lowest BCUT2D eigenvalue weighted by atomic mass is 10.1. The fourth-order valence-electron chi connectivity index (χ4n) is 1.43. The van der Waals surface area contributed by atoms with Crippen molar-refractivity contribution in [2.75, 3.05) is 13.7 Å². The summed E-state index contributed by atoms with van der Waals surface area (Å²) in [5, 5.41) is 0. The molecule has 0 aliphatic carbocycles. The summed E-state index contributed by atoms with van der Waals surface area (Å²) in [5.41, 5.74) is 0. The van der Waals surface area contributed by atoms with Crippen LogP contribution in [0.25, 0.3) is 0 Å². The SMILES string of the molecule is CCCCCC(=O)N(CC(=O)OC)C(C)C. The molecule has 94 valence electrons. The smallest absolute Gasteiger partial charge is 0.325 e. The molecule has 0 N–H and O–H groups in total. The van der Waals surface area contributed by atoms with E-state index in [2.05, 4.69) is 11.7 Å². The minimum Gasteiger partial charge on any atom is -0.468 e. The van der Waals surface area contributed by atoms with Crippen molar-refractivity contribution < 1.29 is 14.3 Å². The first-order chi connectivity index (χ1) is 7.52. The third kappa shape index (κ3) is 5.73. The van der Waals surface area contributed by atoms with Crippen LogP contribution in [-0.4, -0.2) is 36.5 Å². The molecule has 0 aromatic carbocycles. The van der Waals surface area contributed by atoms with Gasteiger partial charge in [-0.15, -0.1) is 0 Å². The first-order valence-electron chi connectivity index (χ1n) is 5.89. The number of methoxy groups -OCH3 is 1. The van der Waals surface area contributed by atoms with Crippen molar-refractivity contribution >= 4 is 11.9 Å². The van der Waals surface area contributed by atoms with Crippen LogP contribution in [0.5, 0.6) is 0 Å². The minimum atomic E-state index is -0.363. The van der Waals surface area contributed by atoms with Gasteiger partial charge in [0, 0.05) is 12.5 Å². The molecule has 0 fully saturated rings. The maximum atomic E-state index is 11.8. The zero-order valence-electron chi connectivity index (χ0n) is 10.8. The van der Waals surface area contributed by atoms with Gasteiger partial charge in [0.15, 0.2) is 0 Å². The van der Waals surface area contributed by atoms with Crippen LogP contribution in [0.1, 0.15) is 46.5 Å². The highest BCUT2D eigenvalue weighted by Gasteiger charge is 2.19. The predicted octanol–water partition coefficient (Wildman–Crippen LogP) is 1.98. The second kappa shape index (κ2) is 8.13. The van der Waals surface area contributed by atoms with E-state index < -0.39 is 0 Å². The predicted molar refractivity (Wildman–Crippen MR) is 63.0 cm³/mol. The van der Waals surface area contributed by atoms with Gasteiger partial charge in [-0.1, -0.05) is 19.8 Å². The molecule has 0 spiro atoms. The molecule has 16 heavy (non-hydrogen) atoms. The number of hydrogen-bond acceptors (Lipinski definition) is 3. The van der Waals surface area contributed by atoms with E-state index in [0.717, 1.165) is 19.3 Å². The largest absolute Gasteiger partial charge is 0.468 e. The normalized spacial score (nSPS) is 10.3. The van der Waals surface area contributed by atoms with E-state index >= 15 is 0 Å². The number of nitrogens with zero attached hydrogens (tertiary/aromatic N) is 1. The van der Waals surface area contributed by atoms with E-state index in [9.17, 15) is 9.59 Å². The number of ether oxygens (including phenoxy) is 1. The van der Waals surface area contributed by atoms with Crippen LogP contribution in [0.4, 0.5) is 0 Å². The van der Waals surface area contributed by atoms with Crippen LogP contribution in [-0.2, 0) is 14.3 Å². The van der Waals surface area contributed by atoms with Crippen molar-refractivity contribution in [3.8, 4) is 0 Å². The Morgan fingerprint density at radius 1 is 1.25 bits per heavy atom. The lowest BCUT2D eigenvalue weighted by Gasteiger charge is -2.25. The average Bonchev–Trinajstić information content (AvgIpc) is 2.25. The van der Waals surface area contributed by atoms with E-state index in [1.54, 1.807) is 4.90 Å². The van der Waals surface area contributed by atoms with Gasteiger partial charge in [-0.05, 0) is 20.3 Å². The summed E-state index contributed by atoms with van der Waals surface area (Å²) >= 11 is 0. The molecule has 0 aliphatic heterocycles. The summed E-state index contributed by atoms with van der Waals surface area (Å²) in [7, 11) is 1.34. The van der Waals surface area contributed by atoms with Crippen molar-refractivity contribution in [2.24, 2.45) is 0 Å². The molecular weight excluding hydrogens is 206 g/mol.